The summed E-state index contributed by atoms with van der Waals surface area (Å²) in [5, 5.41) is 13.6. The van der Waals surface area contributed by atoms with Gasteiger partial charge < -0.3 is 9.72 Å². The molecule has 0 saturated carbocycles. The Morgan fingerprint density at radius 1 is 1.06 bits per heavy atom. The van der Waals surface area contributed by atoms with Crippen LogP contribution < -0.4 is 10.3 Å². The van der Waals surface area contributed by atoms with Crippen LogP contribution in [0.3, 0.4) is 0 Å². The summed E-state index contributed by atoms with van der Waals surface area (Å²) in [6.45, 7) is 12.1. The lowest BCUT2D eigenvalue weighted by Gasteiger charge is -2.32. The average Bonchev–Trinajstić information content (AvgIpc) is 3.31. The van der Waals surface area contributed by atoms with Crippen molar-refractivity contribution in [2.45, 2.75) is 65.7 Å². The summed E-state index contributed by atoms with van der Waals surface area (Å²) < 4.78 is 7.55. The largest absolute Gasteiger partial charge is 0.494 e. The molecular formula is C27H34N6O2. The number of nitrogens with one attached hydrogen (secondary N) is 1. The Hall–Kier alpha value is -3.52. The zero-order valence-corrected chi connectivity index (χ0v) is 21.2. The summed E-state index contributed by atoms with van der Waals surface area (Å²) in [5.74, 6) is 1.58. The number of fused-ring (bicyclic) bond motifs is 1. The monoisotopic (exact) mass is 474 g/mol. The summed E-state index contributed by atoms with van der Waals surface area (Å²) in [4.78, 5) is 18.4. The summed E-state index contributed by atoms with van der Waals surface area (Å²) in [5.41, 5.74) is 2.29. The number of hydrogen-bond donors (Lipinski definition) is 1. The fourth-order valence-corrected chi connectivity index (χ4v) is 4.40. The van der Waals surface area contributed by atoms with Crippen LogP contribution in [0.5, 0.6) is 5.75 Å². The van der Waals surface area contributed by atoms with Crippen molar-refractivity contribution in [3.8, 4) is 5.75 Å². The molecule has 184 valence electrons. The number of ether oxygens (including phenoxy) is 1. The standard InChI is InChI=1S/C27H34N6O2/c1-6-24(25-29-30-31-33(25)27(3,4)5)32(17-19-11-9-8-10-12-19)18-21-15-20-16-22(35-7-2)13-14-23(20)28-26(21)34/h8-16,24H,6-7,17-18H2,1-5H3,(H,28,34). The lowest BCUT2D eigenvalue weighted by Crippen LogP contribution is -2.35. The predicted octanol–water partition coefficient (Wildman–Crippen LogP) is 4.82. The van der Waals surface area contributed by atoms with Crippen LogP contribution >= 0.6 is 0 Å². The van der Waals surface area contributed by atoms with Gasteiger partial charge in [0.15, 0.2) is 5.82 Å². The molecule has 2 aromatic heterocycles. The van der Waals surface area contributed by atoms with Crippen LogP contribution in [0.4, 0.5) is 0 Å². The Kier molecular flexibility index (Phi) is 7.31. The molecule has 8 nitrogen and oxygen atoms in total. The lowest BCUT2D eigenvalue weighted by molar-refractivity contribution is 0.153. The highest BCUT2D eigenvalue weighted by Gasteiger charge is 2.29. The Morgan fingerprint density at radius 3 is 2.51 bits per heavy atom. The van der Waals surface area contributed by atoms with Gasteiger partial charge in [-0.15, -0.1) is 5.10 Å². The first-order valence-corrected chi connectivity index (χ1v) is 12.2. The van der Waals surface area contributed by atoms with E-state index in [-0.39, 0.29) is 17.1 Å². The molecule has 0 amide bonds. The number of hydrogen-bond acceptors (Lipinski definition) is 6. The SMILES string of the molecule is CCOc1ccc2[nH]c(=O)c(CN(Cc3ccccc3)C(CC)c3nnnn3C(C)(C)C)cc2c1. The van der Waals surface area contributed by atoms with Crippen LogP contribution in [0.25, 0.3) is 10.9 Å². The Labute approximate surface area is 205 Å². The molecule has 0 aliphatic carbocycles. The molecule has 0 saturated heterocycles. The van der Waals surface area contributed by atoms with Crippen molar-refractivity contribution in [2.24, 2.45) is 0 Å². The van der Waals surface area contributed by atoms with E-state index in [2.05, 4.69) is 65.2 Å². The predicted molar refractivity (Wildman–Crippen MR) is 137 cm³/mol. The zero-order valence-electron chi connectivity index (χ0n) is 21.2. The summed E-state index contributed by atoms with van der Waals surface area (Å²) in [6.07, 6.45) is 0.795. The Morgan fingerprint density at radius 2 is 1.83 bits per heavy atom. The van der Waals surface area contributed by atoms with E-state index in [9.17, 15) is 4.79 Å². The Balaban J connectivity index is 1.76. The first-order chi connectivity index (χ1) is 16.8. The fraction of sp³-hybridized carbons (Fsp3) is 0.407. The van der Waals surface area contributed by atoms with Crippen LogP contribution in [0.1, 0.15) is 64.0 Å². The molecule has 1 atom stereocenters. The van der Waals surface area contributed by atoms with E-state index >= 15 is 0 Å². The van der Waals surface area contributed by atoms with Gasteiger partial charge in [0.25, 0.3) is 5.56 Å². The van der Waals surface area contributed by atoms with Gasteiger partial charge in [0.2, 0.25) is 0 Å². The highest BCUT2D eigenvalue weighted by Crippen LogP contribution is 2.29. The van der Waals surface area contributed by atoms with E-state index in [1.165, 1.54) is 0 Å². The van der Waals surface area contributed by atoms with E-state index in [4.69, 9.17) is 4.74 Å². The smallest absolute Gasteiger partial charge is 0.252 e. The van der Waals surface area contributed by atoms with E-state index in [1.807, 2.05) is 54.1 Å². The van der Waals surface area contributed by atoms with E-state index in [0.29, 0.717) is 25.3 Å². The molecule has 0 spiro atoms. The van der Waals surface area contributed by atoms with Gasteiger partial charge in [-0.25, -0.2) is 4.68 Å². The molecule has 1 N–H and O–H groups in total. The number of tetrazole rings is 1. The van der Waals surface area contributed by atoms with Gasteiger partial charge in [-0.05, 0) is 74.4 Å². The van der Waals surface area contributed by atoms with Crippen molar-refractivity contribution in [1.29, 1.82) is 0 Å². The maximum atomic E-state index is 13.1. The zero-order chi connectivity index (χ0) is 25.0. The molecule has 2 aromatic carbocycles. The number of aromatic amines is 1. The minimum Gasteiger partial charge on any atom is -0.494 e. The first kappa shape index (κ1) is 24.6. The van der Waals surface area contributed by atoms with Crippen LogP contribution in [-0.2, 0) is 18.6 Å². The maximum Gasteiger partial charge on any atom is 0.252 e. The maximum absolute atomic E-state index is 13.1. The minimum absolute atomic E-state index is 0.0747. The van der Waals surface area contributed by atoms with Crippen molar-refractivity contribution < 1.29 is 4.74 Å². The topological polar surface area (TPSA) is 88.9 Å². The number of pyridine rings is 1. The Bertz CT molecular complexity index is 1320. The van der Waals surface area contributed by atoms with Crippen LogP contribution in [0.2, 0.25) is 0 Å². The number of nitrogens with zero attached hydrogens (tertiary/aromatic N) is 5. The number of aromatic nitrogens is 5. The van der Waals surface area contributed by atoms with Crippen molar-refractivity contribution in [2.75, 3.05) is 6.61 Å². The van der Waals surface area contributed by atoms with Crippen LogP contribution in [-0.4, -0.2) is 36.7 Å². The molecule has 35 heavy (non-hydrogen) atoms. The highest BCUT2D eigenvalue weighted by molar-refractivity contribution is 5.80. The second-order valence-corrected chi connectivity index (χ2v) is 9.74. The third-order valence-electron chi connectivity index (χ3n) is 6.06. The van der Waals surface area contributed by atoms with Gasteiger partial charge in [-0.3, -0.25) is 9.69 Å². The van der Waals surface area contributed by atoms with Gasteiger partial charge in [0.1, 0.15) is 5.75 Å². The van der Waals surface area contributed by atoms with E-state index in [0.717, 1.165) is 34.5 Å². The van der Waals surface area contributed by atoms with Crippen molar-refractivity contribution in [3.63, 3.8) is 0 Å². The fourth-order valence-electron chi connectivity index (χ4n) is 4.40. The van der Waals surface area contributed by atoms with Crippen LogP contribution in [0.15, 0.2) is 59.4 Å². The number of H-pyrrole nitrogens is 1. The van der Waals surface area contributed by atoms with Crippen LogP contribution in [0, 0.1) is 0 Å². The summed E-state index contributed by atoms with van der Waals surface area (Å²) in [7, 11) is 0. The minimum atomic E-state index is -0.263. The molecule has 0 aliphatic heterocycles. The van der Waals surface area contributed by atoms with Gasteiger partial charge in [-0.1, -0.05) is 37.3 Å². The number of benzene rings is 2. The van der Waals surface area contributed by atoms with E-state index in [1.54, 1.807) is 0 Å². The quantitative estimate of drug-likeness (QED) is 0.374. The molecule has 8 heteroatoms. The molecule has 0 bridgehead atoms. The summed E-state index contributed by atoms with van der Waals surface area (Å²) in [6, 6.07) is 17.9. The lowest BCUT2D eigenvalue weighted by atomic mass is 10.0. The molecule has 0 aliphatic rings. The second kappa shape index (κ2) is 10.4. The van der Waals surface area contributed by atoms with Crippen molar-refractivity contribution in [3.05, 3.63) is 81.9 Å². The first-order valence-electron chi connectivity index (χ1n) is 12.2. The molecule has 4 rings (SSSR count). The molecule has 1 unspecified atom stereocenters. The van der Waals surface area contributed by atoms with Crippen molar-refractivity contribution in [1.82, 2.24) is 30.1 Å². The normalized spacial score (nSPS) is 12.9. The second-order valence-electron chi connectivity index (χ2n) is 9.74. The molecule has 2 heterocycles. The number of rotatable bonds is 9. The molecular weight excluding hydrogens is 440 g/mol. The third kappa shape index (κ3) is 5.59. The van der Waals surface area contributed by atoms with Gasteiger partial charge in [0, 0.05) is 29.6 Å². The molecule has 0 fully saturated rings. The summed E-state index contributed by atoms with van der Waals surface area (Å²) >= 11 is 0. The van der Waals surface area contributed by atoms with Gasteiger partial charge >= 0.3 is 0 Å². The van der Waals surface area contributed by atoms with Gasteiger partial charge in [-0.2, -0.15) is 0 Å². The molecule has 4 aromatic rings. The third-order valence-corrected chi connectivity index (χ3v) is 6.06. The average molecular weight is 475 g/mol. The van der Waals surface area contributed by atoms with Gasteiger partial charge in [0.05, 0.1) is 18.2 Å². The highest BCUT2D eigenvalue weighted by atomic mass is 16.5. The van der Waals surface area contributed by atoms with E-state index < -0.39 is 0 Å². The van der Waals surface area contributed by atoms with Crippen molar-refractivity contribution >= 4 is 10.9 Å². The molecule has 0 radical (unpaired) electrons.